The van der Waals surface area contributed by atoms with Crippen LogP contribution in [0.1, 0.15) is 36.2 Å². The average molecular weight is 379 g/mol. The molecule has 0 saturated carbocycles. The summed E-state index contributed by atoms with van der Waals surface area (Å²) in [5.74, 6) is -1.45. The summed E-state index contributed by atoms with van der Waals surface area (Å²) in [7, 11) is 0. The first kappa shape index (κ1) is 20.6. The lowest BCUT2D eigenvalue weighted by atomic mass is 10.2. The van der Waals surface area contributed by atoms with Crippen LogP contribution in [0.4, 0.5) is 5.69 Å². The van der Waals surface area contributed by atoms with Gasteiger partial charge in [0.25, 0.3) is 11.8 Å². The second-order valence-electron chi connectivity index (χ2n) is 6.22. The molecule has 28 heavy (non-hydrogen) atoms. The Morgan fingerprint density at radius 3 is 2.36 bits per heavy atom. The highest BCUT2D eigenvalue weighted by molar-refractivity contribution is 5.96. The molecule has 2 aromatic rings. The van der Waals surface area contributed by atoms with Crippen molar-refractivity contribution in [1.82, 2.24) is 5.32 Å². The van der Waals surface area contributed by atoms with Gasteiger partial charge in [-0.25, -0.2) is 0 Å². The van der Waals surface area contributed by atoms with Crippen LogP contribution in [0.25, 0.3) is 0 Å². The normalized spacial score (nSPS) is 12.2. The lowest BCUT2D eigenvalue weighted by Gasteiger charge is -2.17. The third-order valence-corrected chi connectivity index (χ3v) is 3.87. The molecule has 2 rings (SSSR count). The lowest BCUT2D eigenvalue weighted by molar-refractivity contribution is -0.153. The summed E-state index contributed by atoms with van der Waals surface area (Å²) in [6.45, 7) is 3.12. The second kappa shape index (κ2) is 9.88. The highest BCUT2D eigenvalue weighted by Gasteiger charge is 2.21. The number of hydrogen-bond acceptors (Lipinski definition) is 5. The van der Waals surface area contributed by atoms with Crippen LogP contribution in [-0.2, 0) is 14.3 Å². The molecule has 144 valence electrons. The fraction of sp³-hybridized carbons (Fsp3) is 0.238. The summed E-state index contributed by atoms with van der Waals surface area (Å²) in [4.78, 5) is 36.3. The van der Waals surface area contributed by atoms with E-state index in [0.29, 0.717) is 16.8 Å². The number of hydrogen-bond donors (Lipinski definition) is 2. The van der Waals surface area contributed by atoms with Crippen LogP contribution >= 0.6 is 0 Å². The minimum absolute atomic E-state index is 0.0784. The van der Waals surface area contributed by atoms with E-state index in [0.717, 1.165) is 0 Å². The van der Waals surface area contributed by atoms with Gasteiger partial charge in [-0.1, -0.05) is 30.3 Å². The number of nitriles is 1. The summed E-state index contributed by atoms with van der Waals surface area (Å²) in [5.41, 5.74) is 1.15. The van der Waals surface area contributed by atoms with Crippen molar-refractivity contribution in [3.63, 3.8) is 0 Å². The van der Waals surface area contributed by atoms with Gasteiger partial charge in [0, 0.05) is 11.6 Å². The number of anilines is 1. The Morgan fingerprint density at radius 1 is 1.04 bits per heavy atom. The average Bonchev–Trinajstić information content (AvgIpc) is 2.68. The highest BCUT2D eigenvalue weighted by atomic mass is 16.5. The van der Waals surface area contributed by atoms with Gasteiger partial charge in [0.2, 0.25) is 0 Å². The summed E-state index contributed by atoms with van der Waals surface area (Å²) in [5, 5.41) is 14.3. The van der Waals surface area contributed by atoms with Crippen LogP contribution in [0.15, 0.2) is 54.6 Å². The molecule has 0 heterocycles. The van der Waals surface area contributed by atoms with Crippen LogP contribution < -0.4 is 10.6 Å². The maximum absolute atomic E-state index is 12.2. The SMILES string of the molecule is CC(CC(=O)OC(C)C(=O)Nc1ccccc1C#N)NC(=O)c1ccccc1. The Morgan fingerprint density at radius 2 is 1.68 bits per heavy atom. The van der Waals surface area contributed by atoms with Crippen LogP contribution in [0.2, 0.25) is 0 Å². The highest BCUT2D eigenvalue weighted by Crippen LogP contribution is 2.14. The van der Waals surface area contributed by atoms with Gasteiger partial charge in [-0.3, -0.25) is 14.4 Å². The van der Waals surface area contributed by atoms with Crippen molar-refractivity contribution in [2.24, 2.45) is 0 Å². The van der Waals surface area contributed by atoms with E-state index in [1.807, 2.05) is 6.07 Å². The Bertz CT molecular complexity index is 890. The molecule has 0 radical (unpaired) electrons. The van der Waals surface area contributed by atoms with Crippen molar-refractivity contribution in [2.75, 3.05) is 5.32 Å². The molecule has 0 fully saturated rings. The van der Waals surface area contributed by atoms with Gasteiger partial charge in [-0.05, 0) is 38.1 Å². The van der Waals surface area contributed by atoms with Crippen molar-refractivity contribution < 1.29 is 19.1 Å². The van der Waals surface area contributed by atoms with Crippen LogP contribution in [-0.4, -0.2) is 29.9 Å². The Labute approximate surface area is 163 Å². The predicted molar refractivity (Wildman–Crippen MR) is 103 cm³/mol. The summed E-state index contributed by atoms with van der Waals surface area (Å²) in [6, 6.07) is 16.7. The standard InChI is InChI=1S/C21H21N3O4/c1-14(23-21(27)16-8-4-3-5-9-16)12-19(25)28-15(2)20(26)24-18-11-7-6-10-17(18)13-22/h3-11,14-15H,12H2,1-2H3,(H,23,27)(H,24,26). The second-order valence-corrected chi connectivity index (χ2v) is 6.22. The number of amides is 2. The summed E-state index contributed by atoms with van der Waals surface area (Å²) >= 11 is 0. The first-order valence-corrected chi connectivity index (χ1v) is 8.76. The van der Waals surface area contributed by atoms with Crippen molar-refractivity contribution in [1.29, 1.82) is 5.26 Å². The van der Waals surface area contributed by atoms with Crippen molar-refractivity contribution >= 4 is 23.5 Å². The molecule has 7 heteroatoms. The van der Waals surface area contributed by atoms with E-state index in [-0.39, 0.29) is 12.3 Å². The minimum Gasteiger partial charge on any atom is -0.452 e. The van der Waals surface area contributed by atoms with Gasteiger partial charge >= 0.3 is 5.97 Å². The fourth-order valence-electron chi connectivity index (χ4n) is 2.42. The number of nitrogens with zero attached hydrogens (tertiary/aromatic N) is 1. The number of esters is 1. The topological polar surface area (TPSA) is 108 Å². The zero-order valence-electron chi connectivity index (χ0n) is 15.6. The minimum atomic E-state index is -1.05. The number of carbonyl (C=O) groups excluding carboxylic acids is 3. The van der Waals surface area contributed by atoms with Gasteiger partial charge in [0.15, 0.2) is 6.10 Å². The Hall–Kier alpha value is -3.66. The van der Waals surface area contributed by atoms with Gasteiger partial charge in [0.1, 0.15) is 6.07 Å². The molecule has 2 atom stereocenters. The molecule has 2 unspecified atom stereocenters. The number of nitrogens with one attached hydrogen (secondary N) is 2. The maximum Gasteiger partial charge on any atom is 0.308 e. The van der Waals surface area contributed by atoms with Gasteiger partial charge < -0.3 is 15.4 Å². The molecule has 0 aromatic heterocycles. The quantitative estimate of drug-likeness (QED) is 0.719. The van der Waals surface area contributed by atoms with Crippen LogP contribution in [0.3, 0.4) is 0 Å². The maximum atomic E-state index is 12.2. The smallest absolute Gasteiger partial charge is 0.308 e. The first-order chi connectivity index (χ1) is 13.4. The summed E-state index contributed by atoms with van der Waals surface area (Å²) in [6.07, 6.45) is -1.12. The van der Waals surface area contributed by atoms with Crippen LogP contribution in [0, 0.1) is 11.3 Å². The third-order valence-electron chi connectivity index (χ3n) is 3.87. The van der Waals surface area contributed by atoms with E-state index in [4.69, 9.17) is 10.00 Å². The van der Waals surface area contributed by atoms with E-state index >= 15 is 0 Å². The molecule has 0 spiro atoms. The van der Waals surface area contributed by atoms with Crippen molar-refractivity contribution in [2.45, 2.75) is 32.4 Å². The zero-order valence-corrected chi connectivity index (χ0v) is 15.6. The number of ether oxygens (including phenoxy) is 1. The monoisotopic (exact) mass is 379 g/mol. The number of carbonyl (C=O) groups is 3. The number of benzene rings is 2. The Balaban J connectivity index is 1.83. The molecular weight excluding hydrogens is 358 g/mol. The molecule has 2 aromatic carbocycles. The largest absolute Gasteiger partial charge is 0.452 e. The van der Waals surface area contributed by atoms with E-state index in [9.17, 15) is 14.4 Å². The molecule has 0 bridgehead atoms. The molecule has 0 aliphatic carbocycles. The van der Waals surface area contributed by atoms with Gasteiger partial charge in [-0.2, -0.15) is 5.26 Å². The number of rotatable bonds is 7. The van der Waals surface area contributed by atoms with Gasteiger partial charge in [-0.15, -0.1) is 0 Å². The van der Waals surface area contributed by atoms with Crippen molar-refractivity contribution in [3.8, 4) is 6.07 Å². The molecule has 0 aliphatic rings. The third kappa shape index (κ3) is 5.95. The molecule has 7 nitrogen and oxygen atoms in total. The van der Waals surface area contributed by atoms with E-state index in [1.165, 1.54) is 6.92 Å². The predicted octanol–water partition coefficient (Wildman–Crippen LogP) is 2.64. The van der Waals surface area contributed by atoms with Gasteiger partial charge in [0.05, 0.1) is 17.7 Å². The van der Waals surface area contributed by atoms with Crippen molar-refractivity contribution in [3.05, 3.63) is 65.7 Å². The van der Waals surface area contributed by atoms with E-state index in [1.54, 1.807) is 61.5 Å². The number of para-hydroxylation sites is 1. The summed E-state index contributed by atoms with van der Waals surface area (Å²) < 4.78 is 5.13. The molecule has 2 amide bonds. The Kier molecular flexibility index (Phi) is 7.28. The zero-order chi connectivity index (χ0) is 20.5. The van der Waals surface area contributed by atoms with E-state index in [2.05, 4.69) is 10.6 Å². The molecular formula is C21H21N3O4. The molecule has 2 N–H and O–H groups in total. The first-order valence-electron chi connectivity index (χ1n) is 8.76. The van der Waals surface area contributed by atoms with Crippen LogP contribution in [0.5, 0.6) is 0 Å². The molecule has 0 aliphatic heterocycles. The fourth-order valence-corrected chi connectivity index (χ4v) is 2.42. The molecule has 0 saturated heterocycles. The van der Waals surface area contributed by atoms with E-state index < -0.39 is 24.0 Å². The lowest BCUT2D eigenvalue weighted by Crippen LogP contribution is -2.36.